The maximum atomic E-state index is 10.3. The molecule has 18 heavy (non-hydrogen) atoms. The largest absolute Gasteiger partial charge is 0.388 e. The first kappa shape index (κ1) is 13.3. The zero-order valence-electron chi connectivity index (χ0n) is 10.6. The number of aryl methyl sites for hydroxylation is 2. The summed E-state index contributed by atoms with van der Waals surface area (Å²) in [6.07, 6.45) is 0.0723. The maximum Gasteiger partial charge on any atom is 0.0845 e. The minimum Gasteiger partial charge on any atom is -0.388 e. The maximum absolute atomic E-state index is 10.3. The van der Waals surface area contributed by atoms with Crippen LogP contribution in [0.25, 0.3) is 0 Å². The van der Waals surface area contributed by atoms with Crippen molar-refractivity contribution in [3.63, 3.8) is 0 Å². The first-order valence-corrected chi connectivity index (χ1v) is 6.87. The van der Waals surface area contributed by atoms with Gasteiger partial charge in [-0.1, -0.05) is 30.3 Å². The molecular weight excluding hydrogens is 292 g/mol. The average molecular weight is 309 g/mol. The van der Waals surface area contributed by atoms with Crippen molar-refractivity contribution in [3.8, 4) is 0 Å². The Morgan fingerprint density at radius 3 is 2.61 bits per heavy atom. The van der Waals surface area contributed by atoms with Crippen molar-refractivity contribution in [1.29, 1.82) is 0 Å². The van der Waals surface area contributed by atoms with Gasteiger partial charge in [-0.15, -0.1) is 0 Å². The van der Waals surface area contributed by atoms with E-state index in [4.69, 9.17) is 0 Å². The van der Waals surface area contributed by atoms with Gasteiger partial charge in [0.15, 0.2) is 0 Å². The van der Waals surface area contributed by atoms with Crippen molar-refractivity contribution in [2.24, 2.45) is 0 Å². The molecule has 2 rings (SSSR count). The lowest BCUT2D eigenvalue weighted by atomic mass is 10.0. The molecule has 1 N–H and O–H groups in total. The normalized spacial score (nSPS) is 12.7. The van der Waals surface area contributed by atoms with E-state index in [-0.39, 0.29) is 0 Å². The second-order valence-electron chi connectivity index (χ2n) is 4.29. The number of rotatable bonds is 4. The summed E-state index contributed by atoms with van der Waals surface area (Å²) in [4.78, 5) is 0. The number of halogens is 1. The summed E-state index contributed by atoms with van der Waals surface area (Å²) in [5.41, 5.74) is 2.95. The molecule has 3 nitrogen and oxygen atoms in total. The van der Waals surface area contributed by atoms with E-state index in [0.29, 0.717) is 6.42 Å². The van der Waals surface area contributed by atoms with Gasteiger partial charge in [-0.25, -0.2) is 0 Å². The lowest BCUT2D eigenvalue weighted by molar-refractivity contribution is 0.175. The smallest absolute Gasteiger partial charge is 0.0845 e. The van der Waals surface area contributed by atoms with E-state index in [1.807, 2.05) is 41.9 Å². The van der Waals surface area contributed by atoms with Crippen LogP contribution in [-0.2, 0) is 13.0 Å². The summed E-state index contributed by atoms with van der Waals surface area (Å²) in [6, 6.07) is 9.72. The van der Waals surface area contributed by atoms with Gasteiger partial charge in [-0.2, -0.15) is 5.10 Å². The van der Waals surface area contributed by atoms with Crippen LogP contribution in [0.1, 0.15) is 30.0 Å². The fraction of sp³-hybridized carbons (Fsp3) is 0.357. The van der Waals surface area contributed by atoms with Gasteiger partial charge in [-0.3, -0.25) is 4.68 Å². The van der Waals surface area contributed by atoms with Crippen LogP contribution in [0.2, 0.25) is 0 Å². The van der Waals surface area contributed by atoms with Gasteiger partial charge in [0.05, 0.1) is 22.0 Å². The highest BCUT2D eigenvalue weighted by molar-refractivity contribution is 9.10. The SMILES string of the molecule is CCn1nc(C)c(Br)c1CC(O)c1ccccc1. The van der Waals surface area contributed by atoms with Crippen LogP contribution in [0.3, 0.4) is 0 Å². The summed E-state index contributed by atoms with van der Waals surface area (Å²) in [6.45, 7) is 4.83. The summed E-state index contributed by atoms with van der Waals surface area (Å²) in [7, 11) is 0. The van der Waals surface area contributed by atoms with Gasteiger partial charge in [0.2, 0.25) is 0 Å². The van der Waals surface area contributed by atoms with E-state index >= 15 is 0 Å². The molecule has 0 fully saturated rings. The van der Waals surface area contributed by atoms with E-state index < -0.39 is 6.10 Å². The lowest BCUT2D eigenvalue weighted by Crippen LogP contribution is -2.08. The third-order valence-electron chi connectivity index (χ3n) is 3.02. The predicted molar refractivity (Wildman–Crippen MR) is 75.4 cm³/mol. The van der Waals surface area contributed by atoms with E-state index in [0.717, 1.165) is 28.0 Å². The standard InChI is InChI=1S/C14H17BrN2O/c1-3-17-12(14(15)10(2)16-17)9-13(18)11-7-5-4-6-8-11/h4-8,13,18H,3,9H2,1-2H3. The highest BCUT2D eigenvalue weighted by Gasteiger charge is 2.16. The third-order valence-corrected chi connectivity index (χ3v) is 4.06. The summed E-state index contributed by atoms with van der Waals surface area (Å²) in [5.74, 6) is 0. The van der Waals surface area contributed by atoms with Crippen LogP contribution in [0.5, 0.6) is 0 Å². The van der Waals surface area contributed by atoms with Gasteiger partial charge in [0.25, 0.3) is 0 Å². The number of aliphatic hydroxyl groups is 1. The van der Waals surface area contributed by atoms with Gasteiger partial charge in [-0.05, 0) is 35.3 Å². The zero-order valence-corrected chi connectivity index (χ0v) is 12.2. The molecule has 0 bridgehead atoms. The van der Waals surface area contributed by atoms with Gasteiger partial charge in [0, 0.05) is 13.0 Å². The predicted octanol–water partition coefficient (Wildman–Crippen LogP) is 3.25. The van der Waals surface area contributed by atoms with Crippen molar-refractivity contribution in [2.45, 2.75) is 32.9 Å². The van der Waals surface area contributed by atoms with Crippen LogP contribution in [-0.4, -0.2) is 14.9 Å². The Kier molecular flexibility index (Phi) is 4.19. The Morgan fingerprint density at radius 2 is 2.00 bits per heavy atom. The number of nitrogens with zero attached hydrogens (tertiary/aromatic N) is 2. The van der Waals surface area contributed by atoms with Crippen molar-refractivity contribution in [3.05, 3.63) is 51.8 Å². The fourth-order valence-electron chi connectivity index (χ4n) is 2.04. The Labute approximate surface area is 116 Å². The van der Waals surface area contributed by atoms with Crippen LogP contribution in [0, 0.1) is 6.92 Å². The summed E-state index contributed by atoms with van der Waals surface area (Å²) in [5, 5.41) is 14.7. The van der Waals surface area contributed by atoms with Crippen molar-refractivity contribution in [1.82, 2.24) is 9.78 Å². The average Bonchev–Trinajstić information content (AvgIpc) is 2.67. The fourth-order valence-corrected chi connectivity index (χ4v) is 2.49. The number of aromatic nitrogens is 2. The molecule has 2 aromatic rings. The summed E-state index contributed by atoms with van der Waals surface area (Å²) >= 11 is 3.55. The highest BCUT2D eigenvalue weighted by atomic mass is 79.9. The third kappa shape index (κ3) is 2.65. The van der Waals surface area contributed by atoms with E-state index in [2.05, 4.69) is 28.0 Å². The molecule has 0 radical (unpaired) electrons. The zero-order chi connectivity index (χ0) is 13.1. The Balaban J connectivity index is 2.24. The van der Waals surface area contributed by atoms with Gasteiger partial charge < -0.3 is 5.11 Å². The van der Waals surface area contributed by atoms with Crippen LogP contribution >= 0.6 is 15.9 Å². The second kappa shape index (κ2) is 5.67. The quantitative estimate of drug-likeness (QED) is 0.941. The number of benzene rings is 1. The molecule has 1 heterocycles. The molecule has 0 saturated carbocycles. The van der Waals surface area contributed by atoms with Crippen molar-refractivity contribution in [2.75, 3.05) is 0 Å². The molecule has 4 heteroatoms. The Morgan fingerprint density at radius 1 is 1.33 bits per heavy atom. The van der Waals surface area contributed by atoms with Gasteiger partial charge >= 0.3 is 0 Å². The minimum atomic E-state index is -0.496. The van der Waals surface area contributed by atoms with E-state index in [9.17, 15) is 5.11 Å². The molecule has 1 atom stereocenters. The highest BCUT2D eigenvalue weighted by Crippen LogP contribution is 2.26. The molecule has 1 aromatic carbocycles. The lowest BCUT2D eigenvalue weighted by Gasteiger charge is -2.12. The topological polar surface area (TPSA) is 38.0 Å². The molecule has 0 amide bonds. The van der Waals surface area contributed by atoms with E-state index in [1.165, 1.54) is 0 Å². The van der Waals surface area contributed by atoms with E-state index in [1.54, 1.807) is 0 Å². The number of aliphatic hydroxyl groups excluding tert-OH is 1. The molecule has 1 aromatic heterocycles. The van der Waals surface area contributed by atoms with Crippen LogP contribution in [0.15, 0.2) is 34.8 Å². The molecule has 0 saturated heterocycles. The van der Waals surface area contributed by atoms with Crippen molar-refractivity contribution < 1.29 is 5.11 Å². The molecule has 96 valence electrons. The van der Waals surface area contributed by atoms with Crippen LogP contribution in [0.4, 0.5) is 0 Å². The Hall–Kier alpha value is -1.13. The molecule has 0 spiro atoms. The summed E-state index contributed by atoms with van der Waals surface area (Å²) < 4.78 is 2.94. The Bertz CT molecular complexity index is 522. The molecule has 0 aliphatic heterocycles. The second-order valence-corrected chi connectivity index (χ2v) is 5.09. The first-order valence-electron chi connectivity index (χ1n) is 6.08. The monoisotopic (exact) mass is 308 g/mol. The molecular formula is C14H17BrN2O. The number of hydrogen-bond donors (Lipinski definition) is 1. The molecule has 1 unspecified atom stereocenters. The minimum absolute atomic E-state index is 0.496. The molecule has 0 aliphatic carbocycles. The number of hydrogen-bond acceptors (Lipinski definition) is 2. The van der Waals surface area contributed by atoms with Crippen LogP contribution < -0.4 is 0 Å². The first-order chi connectivity index (χ1) is 8.63. The van der Waals surface area contributed by atoms with Crippen molar-refractivity contribution >= 4 is 15.9 Å². The molecule has 0 aliphatic rings. The van der Waals surface area contributed by atoms with Gasteiger partial charge in [0.1, 0.15) is 0 Å².